The number of rotatable bonds is 4. The summed E-state index contributed by atoms with van der Waals surface area (Å²) < 4.78 is 5.87. The predicted molar refractivity (Wildman–Crippen MR) is 101 cm³/mol. The van der Waals surface area contributed by atoms with Gasteiger partial charge in [-0.1, -0.05) is 0 Å². The lowest BCUT2D eigenvalue weighted by Gasteiger charge is -2.29. The molecule has 1 aliphatic carbocycles. The molecule has 2 fully saturated rings. The van der Waals surface area contributed by atoms with E-state index in [1.54, 1.807) is 23.7 Å². The number of furan rings is 1. The number of hydrogen-bond acceptors (Lipinski definition) is 4. The Morgan fingerprint density at radius 3 is 2.88 bits per heavy atom. The van der Waals surface area contributed by atoms with Crippen LogP contribution in [0.1, 0.15) is 35.2 Å². The number of carbonyl (C=O) groups excluding carboxylic acids is 1. The first-order valence-electron chi connectivity index (χ1n) is 7.95. The van der Waals surface area contributed by atoms with Crippen LogP contribution in [0.3, 0.4) is 0 Å². The molecule has 0 radical (unpaired) electrons. The van der Waals surface area contributed by atoms with Crippen molar-refractivity contribution in [2.75, 3.05) is 13.1 Å². The first-order chi connectivity index (χ1) is 11.2. The monoisotopic (exact) mass is 430 g/mol. The van der Waals surface area contributed by atoms with Gasteiger partial charge in [-0.2, -0.15) is 11.3 Å². The topological polar surface area (TPSA) is 45.5 Å². The van der Waals surface area contributed by atoms with Crippen LogP contribution >= 0.6 is 39.7 Å². The molecule has 2 aliphatic rings. The highest BCUT2D eigenvalue weighted by Crippen LogP contribution is 2.56. The van der Waals surface area contributed by atoms with E-state index in [9.17, 15) is 4.79 Å². The summed E-state index contributed by atoms with van der Waals surface area (Å²) in [5, 5.41) is 7.62. The summed E-state index contributed by atoms with van der Waals surface area (Å²) >= 11 is 4.97. The molecule has 1 spiro atoms. The highest BCUT2D eigenvalue weighted by atomic mass is 79.9. The van der Waals surface area contributed by atoms with Gasteiger partial charge in [-0.25, -0.2) is 0 Å². The molecule has 1 amide bonds. The van der Waals surface area contributed by atoms with Gasteiger partial charge in [-0.05, 0) is 76.1 Å². The third-order valence-electron chi connectivity index (χ3n) is 5.13. The van der Waals surface area contributed by atoms with Gasteiger partial charge < -0.3 is 14.6 Å². The first-order valence-corrected chi connectivity index (χ1v) is 9.68. The second-order valence-electron chi connectivity index (χ2n) is 6.54. The van der Waals surface area contributed by atoms with Crippen LogP contribution in [0.15, 0.2) is 38.2 Å². The number of piperidine rings is 1. The second-order valence-corrected chi connectivity index (χ2v) is 8.10. The molecule has 2 aromatic heterocycles. The van der Waals surface area contributed by atoms with Gasteiger partial charge in [0.1, 0.15) is 6.26 Å². The Morgan fingerprint density at radius 2 is 2.25 bits per heavy atom. The van der Waals surface area contributed by atoms with Crippen LogP contribution in [-0.4, -0.2) is 29.9 Å². The molecule has 3 heterocycles. The van der Waals surface area contributed by atoms with Gasteiger partial charge >= 0.3 is 0 Å². The number of hydrogen-bond donors (Lipinski definition) is 1. The lowest BCUT2D eigenvalue weighted by Crippen LogP contribution is -2.39. The zero-order chi connectivity index (χ0) is 15.9. The van der Waals surface area contributed by atoms with Gasteiger partial charge in [0.2, 0.25) is 0 Å². The Morgan fingerprint density at radius 1 is 1.46 bits per heavy atom. The van der Waals surface area contributed by atoms with Crippen LogP contribution in [0.4, 0.5) is 0 Å². The summed E-state index contributed by atoms with van der Waals surface area (Å²) in [7, 11) is 0. The summed E-state index contributed by atoms with van der Waals surface area (Å²) in [5.74, 6) is 0.0751. The smallest absolute Gasteiger partial charge is 0.257 e. The third-order valence-corrected chi connectivity index (χ3v) is 6.28. The Hall–Kier alpha value is -0.820. The van der Waals surface area contributed by atoms with Gasteiger partial charge in [-0.3, -0.25) is 4.79 Å². The SMILES string of the molecule is Cl.O=C(c1coc(Br)c1)N(Cc1ccsc1)C1CC12CCNCC2. The van der Waals surface area contributed by atoms with E-state index in [-0.39, 0.29) is 18.3 Å². The maximum Gasteiger partial charge on any atom is 0.257 e. The minimum Gasteiger partial charge on any atom is -0.457 e. The fourth-order valence-electron chi connectivity index (χ4n) is 3.72. The second kappa shape index (κ2) is 7.20. The van der Waals surface area contributed by atoms with E-state index in [4.69, 9.17) is 4.42 Å². The number of amides is 1. The average Bonchev–Trinajstić information content (AvgIpc) is 2.97. The fraction of sp³-hybridized carbons (Fsp3) is 0.471. The Bertz CT molecular complexity index is 697. The number of carbonyl (C=O) groups is 1. The van der Waals surface area contributed by atoms with Crippen molar-refractivity contribution in [3.63, 3.8) is 0 Å². The van der Waals surface area contributed by atoms with Gasteiger partial charge in [0, 0.05) is 18.7 Å². The number of nitrogens with zero attached hydrogens (tertiary/aromatic N) is 1. The van der Waals surface area contributed by atoms with Crippen LogP contribution in [0, 0.1) is 5.41 Å². The molecule has 24 heavy (non-hydrogen) atoms. The summed E-state index contributed by atoms with van der Waals surface area (Å²) in [5.41, 5.74) is 2.17. The number of nitrogens with one attached hydrogen (secondary N) is 1. The minimum absolute atomic E-state index is 0. The number of halogens is 2. The Kier molecular flexibility index (Phi) is 5.39. The fourth-order valence-corrected chi connectivity index (χ4v) is 4.72. The highest BCUT2D eigenvalue weighted by Gasteiger charge is 2.57. The van der Waals surface area contributed by atoms with Gasteiger partial charge in [0.15, 0.2) is 4.67 Å². The Balaban J connectivity index is 0.00000169. The first kappa shape index (κ1) is 18.0. The van der Waals surface area contributed by atoms with Crippen molar-refractivity contribution in [2.45, 2.75) is 31.8 Å². The summed E-state index contributed by atoms with van der Waals surface area (Å²) in [6.45, 7) is 2.81. The van der Waals surface area contributed by atoms with E-state index in [1.165, 1.54) is 18.4 Å². The molecule has 1 saturated carbocycles. The van der Waals surface area contributed by atoms with Gasteiger partial charge in [-0.15, -0.1) is 12.4 Å². The molecule has 1 N–H and O–H groups in total. The van der Waals surface area contributed by atoms with Crippen molar-refractivity contribution < 1.29 is 9.21 Å². The van der Waals surface area contributed by atoms with E-state index in [2.05, 4.69) is 43.0 Å². The molecule has 0 bridgehead atoms. The zero-order valence-electron chi connectivity index (χ0n) is 13.2. The molecule has 1 atom stereocenters. The molecule has 4 rings (SSSR count). The molecular formula is C17H20BrClN2O2S. The zero-order valence-corrected chi connectivity index (χ0v) is 16.4. The van der Waals surface area contributed by atoms with E-state index in [1.807, 2.05) is 0 Å². The van der Waals surface area contributed by atoms with Crippen molar-refractivity contribution >= 4 is 45.6 Å². The molecule has 4 nitrogen and oxygen atoms in total. The molecule has 0 aromatic carbocycles. The predicted octanol–water partition coefficient (Wildman–Crippen LogP) is 4.31. The van der Waals surface area contributed by atoms with Crippen LogP contribution < -0.4 is 5.32 Å². The lowest BCUT2D eigenvalue weighted by molar-refractivity contribution is 0.0691. The van der Waals surface area contributed by atoms with E-state index in [0.29, 0.717) is 28.2 Å². The van der Waals surface area contributed by atoms with E-state index >= 15 is 0 Å². The quantitative estimate of drug-likeness (QED) is 0.784. The summed E-state index contributed by atoms with van der Waals surface area (Å²) in [6.07, 6.45) is 5.01. The Labute approximate surface area is 160 Å². The standard InChI is InChI=1S/C17H19BrN2O2S.ClH/c18-15-7-13(10-22-15)16(21)20(9-12-1-6-23-11-12)14-8-17(14)2-4-19-5-3-17;/h1,6-7,10-11,14,19H,2-5,8-9H2;1H. The normalized spacial score (nSPS) is 21.3. The molecule has 7 heteroatoms. The minimum atomic E-state index is 0. The summed E-state index contributed by atoms with van der Waals surface area (Å²) in [4.78, 5) is 15.1. The largest absolute Gasteiger partial charge is 0.457 e. The molecule has 1 aliphatic heterocycles. The van der Waals surface area contributed by atoms with Crippen LogP contribution in [0.25, 0.3) is 0 Å². The van der Waals surface area contributed by atoms with Crippen LogP contribution in [0.2, 0.25) is 0 Å². The molecular weight excluding hydrogens is 412 g/mol. The van der Waals surface area contributed by atoms with Crippen molar-refractivity contribution in [3.8, 4) is 0 Å². The van der Waals surface area contributed by atoms with Crippen LogP contribution in [0.5, 0.6) is 0 Å². The van der Waals surface area contributed by atoms with E-state index < -0.39 is 0 Å². The van der Waals surface area contributed by atoms with Crippen LogP contribution in [-0.2, 0) is 6.54 Å². The average molecular weight is 432 g/mol. The molecule has 2 aromatic rings. The van der Waals surface area contributed by atoms with E-state index in [0.717, 1.165) is 19.5 Å². The van der Waals surface area contributed by atoms with Gasteiger partial charge in [0.05, 0.1) is 5.56 Å². The summed E-state index contributed by atoms with van der Waals surface area (Å²) in [6, 6.07) is 4.22. The van der Waals surface area contributed by atoms with Gasteiger partial charge in [0.25, 0.3) is 5.91 Å². The maximum absolute atomic E-state index is 13.0. The molecule has 1 unspecified atom stereocenters. The third kappa shape index (κ3) is 3.43. The highest BCUT2D eigenvalue weighted by molar-refractivity contribution is 9.10. The maximum atomic E-state index is 13.0. The molecule has 1 saturated heterocycles. The van der Waals surface area contributed by atoms with Crippen molar-refractivity contribution in [2.24, 2.45) is 5.41 Å². The molecule has 130 valence electrons. The van der Waals surface area contributed by atoms with Crippen molar-refractivity contribution in [3.05, 3.63) is 45.0 Å². The number of thiophene rings is 1. The van der Waals surface area contributed by atoms with Crippen molar-refractivity contribution in [1.82, 2.24) is 10.2 Å². The lowest BCUT2D eigenvalue weighted by atomic mass is 9.93. The van der Waals surface area contributed by atoms with Crippen molar-refractivity contribution in [1.29, 1.82) is 0 Å².